The second-order valence-electron chi connectivity index (χ2n) is 6.13. The minimum Gasteiger partial charge on any atom is -0.329 e. The van der Waals surface area contributed by atoms with E-state index in [4.69, 9.17) is 5.73 Å². The van der Waals surface area contributed by atoms with Gasteiger partial charge in [-0.3, -0.25) is 4.90 Å². The third-order valence-corrected chi connectivity index (χ3v) is 3.91. The zero-order valence-electron chi connectivity index (χ0n) is 12.4. The molecule has 19 heavy (non-hydrogen) atoms. The van der Waals surface area contributed by atoms with Crippen molar-refractivity contribution in [2.75, 3.05) is 13.6 Å². The van der Waals surface area contributed by atoms with Crippen LogP contribution in [0.5, 0.6) is 0 Å². The van der Waals surface area contributed by atoms with Crippen LogP contribution in [0.4, 0.5) is 8.78 Å². The molecule has 0 aliphatic carbocycles. The molecule has 1 rings (SSSR count). The van der Waals surface area contributed by atoms with E-state index in [1.54, 1.807) is 6.07 Å². The summed E-state index contributed by atoms with van der Waals surface area (Å²) in [5.41, 5.74) is 6.61. The maximum Gasteiger partial charge on any atom is 0.159 e. The lowest BCUT2D eigenvalue weighted by Gasteiger charge is -2.40. The van der Waals surface area contributed by atoms with Gasteiger partial charge < -0.3 is 5.73 Å². The smallest absolute Gasteiger partial charge is 0.159 e. The van der Waals surface area contributed by atoms with Crippen molar-refractivity contribution in [3.05, 3.63) is 35.4 Å². The Balaban J connectivity index is 3.03. The Hall–Kier alpha value is -1.00. The van der Waals surface area contributed by atoms with Crippen LogP contribution in [0.2, 0.25) is 0 Å². The largest absolute Gasteiger partial charge is 0.329 e. The van der Waals surface area contributed by atoms with Gasteiger partial charge in [0.1, 0.15) is 0 Å². The molecule has 2 atom stereocenters. The van der Waals surface area contributed by atoms with Crippen molar-refractivity contribution in [3.8, 4) is 0 Å². The molecule has 0 radical (unpaired) electrons. The summed E-state index contributed by atoms with van der Waals surface area (Å²) in [6, 6.07) is 4.13. The van der Waals surface area contributed by atoms with Crippen LogP contribution in [-0.2, 0) is 0 Å². The van der Waals surface area contributed by atoms with E-state index < -0.39 is 11.6 Å². The highest BCUT2D eigenvalue weighted by Crippen LogP contribution is 2.30. The van der Waals surface area contributed by atoms with E-state index in [9.17, 15) is 8.78 Å². The molecule has 2 unspecified atom stereocenters. The zero-order valence-corrected chi connectivity index (χ0v) is 12.4. The molecular weight excluding hydrogens is 246 g/mol. The maximum absolute atomic E-state index is 13.3. The van der Waals surface area contributed by atoms with E-state index in [0.717, 1.165) is 6.07 Å². The molecule has 1 aromatic carbocycles. The number of halogens is 2. The molecule has 0 aliphatic rings. The van der Waals surface area contributed by atoms with Crippen molar-refractivity contribution in [1.29, 1.82) is 0 Å². The first kappa shape index (κ1) is 16.1. The Bertz CT molecular complexity index is 427. The summed E-state index contributed by atoms with van der Waals surface area (Å²) in [5.74, 6) is -1.65. The lowest BCUT2D eigenvalue weighted by atomic mass is 9.86. The molecule has 0 saturated heterocycles. The van der Waals surface area contributed by atoms with Gasteiger partial charge in [0.15, 0.2) is 11.6 Å². The monoisotopic (exact) mass is 270 g/mol. The number of rotatable bonds is 4. The number of nitrogens with zero attached hydrogens (tertiary/aromatic N) is 1. The third kappa shape index (κ3) is 3.74. The first-order valence-corrected chi connectivity index (χ1v) is 6.55. The van der Waals surface area contributed by atoms with Gasteiger partial charge in [0.05, 0.1) is 0 Å². The second-order valence-corrected chi connectivity index (χ2v) is 6.13. The van der Waals surface area contributed by atoms with Crippen molar-refractivity contribution < 1.29 is 8.78 Å². The fourth-order valence-electron chi connectivity index (χ4n) is 2.14. The lowest BCUT2D eigenvalue weighted by molar-refractivity contribution is 0.0999. The van der Waals surface area contributed by atoms with Gasteiger partial charge in [-0.2, -0.15) is 0 Å². The van der Waals surface area contributed by atoms with E-state index in [1.807, 2.05) is 7.05 Å². The minimum atomic E-state index is -0.828. The molecule has 0 aromatic heterocycles. The third-order valence-electron chi connectivity index (χ3n) is 3.91. The summed E-state index contributed by atoms with van der Waals surface area (Å²) in [7, 11) is 1.97. The first-order chi connectivity index (χ1) is 8.68. The van der Waals surface area contributed by atoms with E-state index >= 15 is 0 Å². The van der Waals surface area contributed by atoms with Crippen molar-refractivity contribution in [2.24, 2.45) is 11.1 Å². The average Bonchev–Trinajstić information content (AvgIpc) is 2.32. The maximum atomic E-state index is 13.3. The molecule has 0 spiro atoms. The molecule has 108 valence electrons. The number of benzene rings is 1. The zero-order chi connectivity index (χ0) is 14.8. The van der Waals surface area contributed by atoms with Gasteiger partial charge >= 0.3 is 0 Å². The van der Waals surface area contributed by atoms with Gasteiger partial charge in [-0.25, -0.2) is 8.78 Å². The Morgan fingerprint density at radius 3 is 2.21 bits per heavy atom. The molecular formula is C15H24F2N2. The van der Waals surface area contributed by atoms with Crippen molar-refractivity contribution in [3.63, 3.8) is 0 Å². The Morgan fingerprint density at radius 2 is 1.79 bits per heavy atom. The van der Waals surface area contributed by atoms with Crippen LogP contribution in [0.3, 0.4) is 0 Å². The summed E-state index contributed by atoms with van der Waals surface area (Å²) >= 11 is 0. The molecule has 0 amide bonds. The number of hydrogen-bond acceptors (Lipinski definition) is 2. The Morgan fingerprint density at radius 1 is 1.21 bits per heavy atom. The van der Waals surface area contributed by atoms with Gasteiger partial charge in [-0.1, -0.05) is 26.8 Å². The second kappa shape index (κ2) is 5.97. The van der Waals surface area contributed by atoms with Crippen LogP contribution >= 0.6 is 0 Å². The molecule has 0 saturated carbocycles. The van der Waals surface area contributed by atoms with E-state index in [1.165, 1.54) is 6.07 Å². The topological polar surface area (TPSA) is 29.3 Å². The highest BCUT2D eigenvalue weighted by molar-refractivity contribution is 5.22. The predicted molar refractivity (Wildman–Crippen MR) is 74.8 cm³/mol. The Kier molecular flexibility index (Phi) is 5.04. The number of nitrogens with two attached hydrogens (primary N) is 1. The van der Waals surface area contributed by atoms with E-state index in [2.05, 4.69) is 32.6 Å². The van der Waals surface area contributed by atoms with Crippen molar-refractivity contribution in [2.45, 2.75) is 39.8 Å². The molecule has 1 aromatic rings. The summed E-state index contributed by atoms with van der Waals surface area (Å²) in [4.78, 5) is 2.12. The lowest BCUT2D eigenvalue weighted by Crippen LogP contribution is -2.43. The van der Waals surface area contributed by atoms with Gasteiger partial charge in [-0.15, -0.1) is 0 Å². The van der Waals surface area contributed by atoms with E-state index in [0.29, 0.717) is 12.1 Å². The molecule has 0 aliphatic heterocycles. The molecule has 2 N–H and O–H groups in total. The SMILES string of the molecule is CC(N(C)C(CN)c1ccc(F)c(F)c1)C(C)(C)C. The van der Waals surface area contributed by atoms with Crippen LogP contribution in [0.1, 0.15) is 39.3 Å². The minimum absolute atomic E-state index is 0.0841. The molecule has 0 heterocycles. The Labute approximate surface area is 114 Å². The van der Waals surface area contributed by atoms with Crippen LogP contribution in [-0.4, -0.2) is 24.5 Å². The molecule has 4 heteroatoms. The normalized spacial score (nSPS) is 15.6. The van der Waals surface area contributed by atoms with Gasteiger partial charge in [-0.05, 0) is 37.1 Å². The summed E-state index contributed by atoms with van der Waals surface area (Å²) in [6.07, 6.45) is 0. The average molecular weight is 270 g/mol. The van der Waals surface area contributed by atoms with Gasteiger partial charge in [0.25, 0.3) is 0 Å². The van der Waals surface area contributed by atoms with Crippen LogP contribution in [0.25, 0.3) is 0 Å². The van der Waals surface area contributed by atoms with E-state index in [-0.39, 0.29) is 17.5 Å². The van der Waals surface area contributed by atoms with Gasteiger partial charge in [0.2, 0.25) is 0 Å². The first-order valence-electron chi connectivity index (χ1n) is 6.55. The quantitative estimate of drug-likeness (QED) is 0.909. The summed E-state index contributed by atoms with van der Waals surface area (Å²) in [5, 5.41) is 0. The summed E-state index contributed by atoms with van der Waals surface area (Å²) in [6.45, 7) is 8.91. The van der Waals surface area contributed by atoms with Gasteiger partial charge in [0, 0.05) is 18.6 Å². The molecule has 2 nitrogen and oxygen atoms in total. The number of likely N-dealkylation sites (N-methyl/N-ethyl adjacent to an activating group) is 1. The van der Waals surface area contributed by atoms with Crippen LogP contribution in [0.15, 0.2) is 18.2 Å². The van der Waals surface area contributed by atoms with Crippen molar-refractivity contribution in [1.82, 2.24) is 4.90 Å². The predicted octanol–water partition coefficient (Wildman–Crippen LogP) is 3.33. The van der Waals surface area contributed by atoms with Crippen LogP contribution < -0.4 is 5.73 Å². The summed E-state index contributed by atoms with van der Waals surface area (Å²) < 4.78 is 26.3. The van der Waals surface area contributed by atoms with Crippen molar-refractivity contribution >= 4 is 0 Å². The molecule has 0 fully saturated rings. The highest BCUT2D eigenvalue weighted by atomic mass is 19.2. The standard InChI is InChI=1S/C15H24F2N2/c1-10(15(2,3)4)19(5)14(9-18)11-6-7-12(16)13(17)8-11/h6-8,10,14H,9,18H2,1-5H3. The number of hydrogen-bond donors (Lipinski definition) is 1. The molecule has 0 bridgehead atoms. The van der Waals surface area contributed by atoms with Crippen LogP contribution in [0, 0.1) is 17.0 Å². The fourth-order valence-corrected chi connectivity index (χ4v) is 2.14. The fraction of sp³-hybridized carbons (Fsp3) is 0.600. The highest BCUT2D eigenvalue weighted by Gasteiger charge is 2.29.